The molecule has 0 spiro atoms. The molecule has 2 atom stereocenters. The van der Waals surface area contributed by atoms with Crippen LogP contribution in [0.5, 0.6) is 0 Å². The third-order valence-electron chi connectivity index (χ3n) is 5.72. The number of nitrogens with one attached hydrogen (secondary N) is 4. The summed E-state index contributed by atoms with van der Waals surface area (Å²) in [5.41, 5.74) is 2.59. The molecular weight excluding hydrogens is 400 g/mol. The Labute approximate surface area is 182 Å². The number of anilines is 2. The summed E-state index contributed by atoms with van der Waals surface area (Å²) in [6.07, 6.45) is 9.22. The molecule has 0 saturated carbocycles. The van der Waals surface area contributed by atoms with Crippen LogP contribution < -0.4 is 21.3 Å². The molecule has 8 heteroatoms. The van der Waals surface area contributed by atoms with Gasteiger partial charge in [-0.15, -0.1) is 22.7 Å². The summed E-state index contributed by atoms with van der Waals surface area (Å²) in [5, 5.41) is 16.3. The van der Waals surface area contributed by atoms with Crippen molar-refractivity contribution in [1.29, 1.82) is 0 Å². The summed E-state index contributed by atoms with van der Waals surface area (Å²) in [6, 6.07) is 1.23. The van der Waals surface area contributed by atoms with E-state index in [-0.39, 0.29) is 0 Å². The fourth-order valence-corrected chi connectivity index (χ4v) is 6.31. The number of nitrogens with zero attached hydrogens (tertiary/aromatic N) is 2. The van der Waals surface area contributed by atoms with Gasteiger partial charge in [0.15, 0.2) is 10.3 Å². The van der Waals surface area contributed by atoms with E-state index in [1.54, 1.807) is 0 Å². The maximum atomic E-state index is 4.81. The highest BCUT2D eigenvalue weighted by Gasteiger charge is 2.23. The van der Waals surface area contributed by atoms with Crippen LogP contribution >= 0.6 is 22.7 Å². The predicted octanol–water partition coefficient (Wildman–Crippen LogP) is 3.79. The molecule has 29 heavy (non-hydrogen) atoms. The van der Waals surface area contributed by atoms with E-state index in [2.05, 4.69) is 35.1 Å². The lowest BCUT2D eigenvalue weighted by molar-refractivity contribution is 0.460. The van der Waals surface area contributed by atoms with Crippen molar-refractivity contribution in [3.8, 4) is 0 Å². The van der Waals surface area contributed by atoms with Crippen LogP contribution in [0.4, 0.5) is 10.3 Å². The molecule has 2 heterocycles. The van der Waals surface area contributed by atoms with Gasteiger partial charge >= 0.3 is 0 Å². The Hall–Kier alpha value is -1.22. The number of rotatable bonds is 10. The third kappa shape index (κ3) is 5.48. The predicted molar refractivity (Wildman–Crippen MR) is 125 cm³/mol. The normalized spacial score (nSPS) is 20.9. The molecule has 0 fully saturated rings. The van der Waals surface area contributed by atoms with Crippen LogP contribution in [-0.4, -0.2) is 41.8 Å². The number of hydrogen-bond donors (Lipinski definition) is 4. The molecule has 4 rings (SSSR count). The minimum absolute atomic E-state index is 0.617. The minimum atomic E-state index is 0.617. The standard InChI is InChI=1S/C21H34N6S2/c1-3-9-22-14-5-7-16-18(11-14)28-20(26-16)24-13-25-21-27-17-8-6-15(23-10-4-2)12-19(17)29-21/h14-15,22-23H,3-13H2,1-2H3,(H,24,26)(H,25,27)/t14-,15-/m0/s1. The van der Waals surface area contributed by atoms with Crippen LogP contribution in [0.1, 0.15) is 60.7 Å². The van der Waals surface area contributed by atoms with Gasteiger partial charge in [0, 0.05) is 21.8 Å². The van der Waals surface area contributed by atoms with E-state index in [1.165, 1.54) is 46.8 Å². The van der Waals surface area contributed by atoms with E-state index in [0.29, 0.717) is 18.8 Å². The Balaban J connectivity index is 1.25. The van der Waals surface area contributed by atoms with Crippen LogP contribution in [0.25, 0.3) is 0 Å². The summed E-state index contributed by atoms with van der Waals surface area (Å²) >= 11 is 3.63. The number of fused-ring (bicyclic) bond motifs is 2. The summed E-state index contributed by atoms with van der Waals surface area (Å²) in [4.78, 5) is 12.5. The molecule has 0 amide bonds. The van der Waals surface area contributed by atoms with Crippen LogP contribution in [0.2, 0.25) is 0 Å². The van der Waals surface area contributed by atoms with Gasteiger partial charge in [0.1, 0.15) is 0 Å². The molecule has 2 aromatic rings. The maximum Gasteiger partial charge on any atom is 0.184 e. The Morgan fingerprint density at radius 1 is 0.793 bits per heavy atom. The van der Waals surface area contributed by atoms with Gasteiger partial charge in [0.25, 0.3) is 0 Å². The van der Waals surface area contributed by atoms with Crippen molar-refractivity contribution in [2.75, 3.05) is 30.4 Å². The second-order valence-corrected chi connectivity index (χ2v) is 10.3. The summed E-state index contributed by atoms with van der Waals surface area (Å²) in [5.74, 6) is 0. The zero-order valence-corrected chi connectivity index (χ0v) is 19.3. The topological polar surface area (TPSA) is 73.9 Å². The molecule has 2 aliphatic rings. The zero-order chi connectivity index (χ0) is 20.1. The molecular formula is C21H34N6S2. The average Bonchev–Trinajstić information content (AvgIpc) is 3.32. The second kappa shape index (κ2) is 10.2. The number of aromatic nitrogens is 2. The highest BCUT2D eigenvalue weighted by molar-refractivity contribution is 7.16. The molecule has 0 saturated heterocycles. The molecule has 2 aliphatic carbocycles. The molecule has 4 N–H and O–H groups in total. The second-order valence-electron chi connectivity index (χ2n) is 8.10. The van der Waals surface area contributed by atoms with Gasteiger partial charge in [-0.3, -0.25) is 0 Å². The van der Waals surface area contributed by atoms with Crippen molar-refractivity contribution in [2.24, 2.45) is 0 Å². The van der Waals surface area contributed by atoms with Crippen molar-refractivity contribution >= 4 is 32.9 Å². The lowest BCUT2D eigenvalue weighted by Crippen LogP contribution is -2.34. The third-order valence-corrected chi connectivity index (χ3v) is 7.88. The van der Waals surface area contributed by atoms with Gasteiger partial charge in [0.05, 0.1) is 18.1 Å². The molecule has 2 aromatic heterocycles. The minimum Gasteiger partial charge on any atom is -0.344 e. The zero-order valence-electron chi connectivity index (χ0n) is 17.6. The first-order valence-electron chi connectivity index (χ1n) is 11.2. The van der Waals surface area contributed by atoms with Crippen LogP contribution in [0, 0.1) is 0 Å². The number of thiazole rings is 2. The van der Waals surface area contributed by atoms with Crippen molar-refractivity contribution in [1.82, 2.24) is 20.6 Å². The fourth-order valence-electron chi connectivity index (χ4n) is 4.14. The van der Waals surface area contributed by atoms with Crippen molar-refractivity contribution in [3.05, 3.63) is 21.1 Å². The molecule has 0 unspecified atom stereocenters. The maximum absolute atomic E-state index is 4.81. The van der Waals surface area contributed by atoms with Crippen LogP contribution in [0.3, 0.4) is 0 Å². The number of aryl methyl sites for hydroxylation is 2. The first kappa shape index (κ1) is 21.0. The molecule has 160 valence electrons. The van der Waals surface area contributed by atoms with Crippen LogP contribution in [0.15, 0.2) is 0 Å². The largest absolute Gasteiger partial charge is 0.344 e. The quantitative estimate of drug-likeness (QED) is 0.426. The van der Waals surface area contributed by atoms with Crippen molar-refractivity contribution in [2.45, 2.75) is 77.3 Å². The van der Waals surface area contributed by atoms with Gasteiger partial charge in [-0.05, 0) is 64.5 Å². The molecule has 0 aliphatic heterocycles. The van der Waals surface area contributed by atoms with E-state index in [1.807, 2.05) is 22.7 Å². The molecule has 6 nitrogen and oxygen atoms in total. The van der Waals surface area contributed by atoms with Crippen molar-refractivity contribution in [3.63, 3.8) is 0 Å². The average molecular weight is 435 g/mol. The monoisotopic (exact) mass is 434 g/mol. The van der Waals surface area contributed by atoms with E-state index in [4.69, 9.17) is 9.97 Å². The lowest BCUT2D eigenvalue weighted by Gasteiger charge is -2.21. The van der Waals surface area contributed by atoms with Gasteiger partial charge in [-0.2, -0.15) is 0 Å². The molecule has 0 radical (unpaired) electrons. The Morgan fingerprint density at radius 3 is 1.72 bits per heavy atom. The van der Waals surface area contributed by atoms with E-state index < -0.39 is 0 Å². The van der Waals surface area contributed by atoms with Gasteiger partial charge in [-0.25, -0.2) is 9.97 Å². The van der Waals surface area contributed by atoms with Crippen LogP contribution in [-0.2, 0) is 25.7 Å². The SMILES string of the molecule is CCCN[C@H]1CCc2nc(NCNc3nc4c(s3)C[C@@H](NCCC)CC4)sc2C1. The summed E-state index contributed by atoms with van der Waals surface area (Å²) in [7, 11) is 0. The fraction of sp³-hybridized carbons (Fsp3) is 0.714. The van der Waals surface area contributed by atoms with E-state index in [9.17, 15) is 0 Å². The Kier molecular flexibility index (Phi) is 7.39. The Morgan fingerprint density at radius 2 is 1.28 bits per heavy atom. The van der Waals surface area contributed by atoms with Crippen molar-refractivity contribution < 1.29 is 0 Å². The van der Waals surface area contributed by atoms with E-state index >= 15 is 0 Å². The van der Waals surface area contributed by atoms with Gasteiger partial charge < -0.3 is 21.3 Å². The smallest absolute Gasteiger partial charge is 0.184 e. The van der Waals surface area contributed by atoms with Gasteiger partial charge in [-0.1, -0.05) is 13.8 Å². The Bertz CT molecular complexity index is 722. The lowest BCUT2D eigenvalue weighted by atomic mass is 9.98. The summed E-state index contributed by atoms with van der Waals surface area (Å²) < 4.78 is 0. The van der Waals surface area contributed by atoms with Gasteiger partial charge in [0.2, 0.25) is 0 Å². The summed E-state index contributed by atoms with van der Waals surface area (Å²) in [6.45, 7) is 7.35. The number of hydrogen-bond acceptors (Lipinski definition) is 8. The molecule has 0 aromatic carbocycles. The highest BCUT2D eigenvalue weighted by atomic mass is 32.1. The first-order valence-corrected chi connectivity index (χ1v) is 12.8. The molecule has 0 bridgehead atoms. The first-order chi connectivity index (χ1) is 14.2. The van der Waals surface area contributed by atoms with E-state index in [0.717, 1.165) is 49.0 Å². The highest BCUT2D eigenvalue weighted by Crippen LogP contribution is 2.31.